The lowest BCUT2D eigenvalue weighted by Crippen LogP contribution is -1.95. The molecule has 0 fully saturated rings. The van der Waals surface area contributed by atoms with Crippen LogP contribution in [0.15, 0.2) is 30.3 Å². The van der Waals surface area contributed by atoms with Gasteiger partial charge in [-0.1, -0.05) is 35.9 Å². The molecule has 2 aromatic rings. The standard InChI is InChI=1S/C12H10ClN3/c13-11-5-10(7-15)12(16-11)9-3-1-8(6-14)2-4-9/h1-5,16H,6,14H2. The molecule has 0 atom stereocenters. The third kappa shape index (κ3) is 1.94. The third-order valence-corrected chi connectivity index (χ3v) is 2.59. The normalized spacial score (nSPS) is 10.1. The zero-order valence-corrected chi connectivity index (χ0v) is 9.25. The highest BCUT2D eigenvalue weighted by atomic mass is 35.5. The monoisotopic (exact) mass is 231 g/mol. The van der Waals surface area contributed by atoms with Gasteiger partial charge < -0.3 is 10.7 Å². The molecular formula is C12H10ClN3. The first-order chi connectivity index (χ1) is 7.74. The first kappa shape index (κ1) is 10.7. The Morgan fingerprint density at radius 2 is 2.00 bits per heavy atom. The Balaban J connectivity index is 2.46. The molecule has 3 N–H and O–H groups in total. The molecule has 2 rings (SSSR count). The number of aromatic amines is 1. The average molecular weight is 232 g/mol. The predicted octanol–water partition coefficient (Wildman–Crippen LogP) is 2.67. The van der Waals surface area contributed by atoms with Gasteiger partial charge in [0.2, 0.25) is 0 Å². The van der Waals surface area contributed by atoms with Crippen LogP contribution in [0.3, 0.4) is 0 Å². The van der Waals surface area contributed by atoms with Crippen molar-refractivity contribution >= 4 is 11.6 Å². The maximum Gasteiger partial charge on any atom is 0.108 e. The number of halogens is 1. The minimum atomic E-state index is 0.467. The smallest absolute Gasteiger partial charge is 0.108 e. The van der Waals surface area contributed by atoms with E-state index in [1.807, 2.05) is 24.3 Å². The van der Waals surface area contributed by atoms with Crippen LogP contribution in [0.4, 0.5) is 0 Å². The molecule has 4 heteroatoms. The second-order valence-corrected chi connectivity index (χ2v) is 3.83. The summed E-state index contributed by atoms with van der Waals surface area (Å²) in [7, 11) is 0. The molecule has 1 aromatic heterocycles. The van der Waals surface area contributed by atoms with Gasteiger partial charge in [-0.25, -0.2) is 0 Å². The van der Waals surface area contributed by atoms with E-state index in [1.165, 1.54) is 0 Å². The van der Waals surface area contributed by atoms with Gasteiger partial charge in [0.1, 0.15) is 11.2 Å². The lowest BCUT2D eigenvalue weighted by Gasteiger charge is -2.01. The van der Waals surface area contributed by atoms with Gasteiger partial charge in [0, 0.05) is 6.54 Å². The highest BCUT2D eigenvalue weighted by Crippen LogP contribution is 2.25. The topological polar surface area (TPSA) is 65.6 Å². The maximum atomic E-state index is 8.95. The number of rotatable bonds is 2. The SMILES string of the molecule is N#Cc1cc(Cl)[nH]c1-c1ccc(CN)cc1. The predicted molar refractivity (Wildman–Crippen MR) is 63.8 cm³/mol. The third-order valence-electron chi connectivity index (χ3n) is 2.38. The summed E-state index contributed by atoms with van der Waals surface area (Å²) in [6.07, 6.45) is 0. The van der Waals surface area contributed by atoms with E-state index in [-0.39, 0.29) is 0 Å². The largest absolute Gasteiger partial charge is 0.345 e. The van der Waals surface area contributed by atoms with Gasteiger partial charge in [-0.3, -0.25) is 0 Å². The van der Waals surface area contributed by atoms with Crippen molar-refractivity contribution in [2.45, 2.75) is 6.54 Å². The van der Waals surface area contributed by atoms with Gasteiger partial charge in [0.15, 0.2) is 0 Å². The molecule has 16 heavy (non-hydrogen) atoms. The highest BCUT2D eigenvalue weighted by molar-refractivity contribution is 6.29. The number of hydrogen-bond donors (Lipinski definition) is 2. The number of nitrogens with zero attached hydrogens (tertiary/aromatic N) is 1. The second-order valence-electron chi connectivity index (χ2n) is 3.42. The van der Waals surface area contributed by atoms with Crippen LogP contribution in [0.2, 0.25) is 5.15 Å². The van der Waals surface area contributed by atoms with Crippen molar-refractivity contribution in [1.29, 1.82) is 5.26 Å². The Labute approximate surface area is 98.5 Å². The lowest BCUT2D eigenvalue weighted by atomic mass is 10.1. The van der Waals surface area contributed by atoms with Crippen LogP contribution in [0.5, 0.6) is 0 Å². The Bertz CT molecular complexity index is 534. The zero-order valence-electron chi connectivity index (χ0n) is 8.50. The number of nitrogens with one attached hydrogen (secondary N) is 1. The van der Waals surface area contributed by atoms with Gasteiger partial charge in [0.25, 0.3) is 0 Å². The number of hydrogen-bond acceptors (Lipinski definition) is 2. The highest BCUT2D eigenvalue weighted by Gasteiger charge is 2.08. The zero-order chi connectivity index (χ0) is 11.5. The molecule has 1 aromatic carbocycles. The maximum absolute atomic E-state index is 8.95. The fourth-order valence-electron chi connectivity index (χ4n) is 1.55. The number of nitriles is 1. The fraction of sp³-hybridized carbons (Fsp3) is 0.0833. The first-order valence-electron chi connectivity index (χ1n) is 4.82. The molecule has 0 amide bonds. The van der Waals surface area contributed by atoms with Gasteiger partial charge in [0.05, 0.1) is 11.3 Å². The van der Waals surface area contributed by atoms with Crippen molar-refractivity contribution in [3.05, 3.63) is 46.6 Å². The summed E-state index contributed by atoms with van der Waals surface area (Å²) in [4.78, 5) is 2.96. The molecule has 0 bridgehead atoms. The molecule has 0 aliphatic rings. The van der Waals surface area contributed by atoms with Gasteiger partial charge in [-0.15, -0.1) is 0 Å². The van der Waals surface area contributed by atoms with Crippen LogP contribution in [0, 0.1) is 11.3 Å². The van der Waals surface area contributed by atoms with Crippen molar-refractivity contribution < 1.29 is 0 Å². The van der Waals surface area contributed by atoms with Crippen LogP contribution in [0.1, 0.15) is 11.1 Å². The number of nitrogens with two attached hydrogens (primary N) is 1. The molecule has 0 spiro atoms. The van der Waals surface area contributed by atoms with E-state index < -0.39 is 0 Å². The minimum absolute atomic E-state index is 0.467. The molecule has 0 saturated carbocycles. The van der Waals surface area contributed by atoms with Crippen molar-refractivity contribution in [2.24, 2.45) is 5.73 Å². The number of benzene rings is 1. The van der Waals surface area contributed by atoms with Gasteiger partial charge in [-0.05, 0) is 17.2 Å². The molecule has 1 heterocycles. The van der Waals surface area contributed by atoms with Crippen LogP contribution >= 0.6 is 11.6 Å². The quantitative estimate of drug-likeness (QED) is 0.835. The molecule has 0 unspecified atom stereocenters. The van der Waals surface area contributed by atoms with Crippen molar-refractivity contribution in [2.75, 3.05) is 0 Å². The van der Waals surface area contributed by atoms with Crippen molar-refractivity contribution in [3.63, 3.8) is 0 Å². The Kier molecular flexibility index (Phi) is 2.95. The lowest BCUT2D eigenvalue weighted by molar-refractivity contribution is 1.07. The van der Waals surface area contributed by atoms with Gasteiger partial charge >= 0.3 is 0 Å². The minimum Gasteiger partial charge on any atom is -0.345 e. The number of H-pyrrole nitrogens is 1. The van der Waals surface area contributed by atoms with Crippen molar-refractivity contribution in [3.8, 4) is 17.3 Å². The van der Waals surface area contributed by atoms with Gasteiger partial charge in [-0.2, -0.15) is 5.26 Å². The Morgan fingerprint density at radius 1 is 1.31 bits per heavy atom. The Hall–Kier alpha value is -1.76. The summed E-state index contributed by atoms with van der Waals surface area (Å²) < 4.78 is 0. The van der Waals surface area contributed by atoms with E-state index in [1.54, 1.807) is 6.07 Å². The summed E-state index contributed by atoms with van der Waals surface area (Å²) >= 11 is 5.83. The molecule has 3 nitrogen and oxygen atoms in total. The summed E-state index contributed by atoms with van der Waals surface area (Å²) in [6.45, 7) is 0.511. The molecule has 80 valence electrons. The molecule has 0 saturated heterocycles. The summed E-state index contributed by atoms with van der Waals surface area (Å²) in [5.74, 6) is 0. The molecular weight excluding hydrogens is 222 g/mol. The first-order valence-corrected chi connectivity index (χ1v) is 5.20. The molecule has 0 radical (unpaired) electrons. The molecule has 0 aliphatic carbocycles. The summed E-state index contributed by atoms with van der Waals surface area (Å²) in [6, 6.07) is 11.4. The van der Waals surface area contributed by atoms with Crippen LogP contribution in [-0.2, 0) is 6.54 Å². The van der Waals surface area contributed by atoms with E-state index >= 15 is 0 Å². The van der Waals surface area contributed by atoms with Crippen LogP contribution in [-0.4, -0.2) is 4.98 Å². The second kappa shape index (κ2) is 4.40. The van der Waals surface area contributed by atoms with E-state index in [0.717, 1.165) is 16.8 Å². The number of aromatic nitrogens is 1. The van der Waals surface area contributed by atoms with E-state index in [4.69, 9.17) is 22.6 Å². The van der Waals surface area contributed by atoms with Crippen LogP contribution < -0.4 is 5.73 Å². The van der Waals surface area contributed by atoms with Crippen LogP contribution in [0.25, 0.3) is 11.3 Å². The summed E-state index contributed by atoms with van der Waals surface area (Å²) in [5.41, 5.74) is 8.80. The summed E-state index contributed by atoms with van der Waals surface area (Å²) in [5, 5.41) is 9.41. The van der Waals surface area contributed by atoms with E-state index in [9.17, 15) is 0 Å². The Morgan fingerprint density at radius 3 is 2.56 bits per heavy atom. The van der Waals surface area contributed by atoms with E-state index in [0.29, 0.717) is 17.3 Å². The van der Waals surface area contributed by atoms with Crippen molar-refractivity contribution in [1.82, 2.24) is 4.98 Å². The average Bonchev–Trinajstić information content (AvgIpc) is 2.70. The molecule has 0 aliphatic heterocycles. The van der Waals surface area contributed by atoms with E-state index in [2.05, 4.69) is 11.1 Å². The fourth-order valence-corrected chi connectivity index (χ4v) is 1.75.